The first-order valence-electron chi connectivity index (χ1n) is 6.79. The van der Waals surface area contributed by atoms with Crippen LogP contribution in [0.2, 0.25) is 0 Å². The lowest BCUT2D eigenvalue weighted by Gasteiger charge is -2.35. The third kappa shape index (κ3) is 3.33. The maximum Gasteiger partial charge on any atom is 0.225 e. The van der Waals surface area contributed by atoms with Gasteiger partial charge in [-0.15, -0.1) is 0 Å². The molecule has 6 heteroatoms. The van der Waals surface area contributed by atoms with E-state index in [0.717, 1.165) is 25.5 Å². The fraction of sp³-hybridized carbons (Fsp3) is 0.692. The predicted molar refractivity (Wildman–Crippen MR) is 71.6 cm³/mol. The number of nitrogens with one attached hydrogen (secondary N) is 1. The van der Waals surface area contributed by atoms with Crippen molar-refractivity contribution in [1.29, 1.82) is 0 Å². The van der Waals surface area contributed by atoms with E-state index in [2.05, 4.69) is 10.3 Å². The number of carbonyl (C=O) groups excluding carboxylic acids is 1. The molecule has 1 aromatic rings. The summed E-state index contributed by atoms with van der Waals surface area (Å²) in [7, 11) is 1.96. The van der Waals surface area contributed by atoms with E-state index < -0.39 is 0 Å². The number of amides is 1. The zero-order valence-electron chi connectivity index (χ0n) is 11.6. The zero-order chi connectivity index (χ0) is 13.7. The van der Waals surface area contributed by atoms with Crippen molar-refractivity contribution in [3.05, 3.63) is 18.2 Å². The summed E-state index contributed by atoms with van der Waals surface area (Å²) >= 11 is 0. The van der Waals surface area contributed by atoms with Gasteiger partial charge in [0.15, 0.2) is 0 Å². The third-order valence-corrected chi connectivity index (χ3v) is 3.38. The van der Waals surface area contributed by atoms with Crippen molar-refractivity contribution < 1.29 is 9.53 Å². The average Bonchev–Trinajstić information content (AvgIpc) is 2.85. The van der Waals surface area contributed by atoms with Crippen LogP contribution in [-0.2, 0) is 16.6 Å². The van der Waals surface area contributed by atoms with Gasteiger partial charge in [0, 0.05) is 45.7 Å². The second kappa shape index (κ2) is 6.68. The first-order chi connectivity index (χ1) is 9.24. The zero-order valence-corrected chi connectivity index (χ0v) is 11.6. The Morgan fingerprint density at radius 2 is 2.47 bits per heavy atom. The van der Waals surface area contributed by atoms with E-state index in [0.29, 0.717) is 19.6 Å². The maximum absolute atomic E-state index is 12.3. The molecule has 2 heterocycles. The Bertz CT molecular complexity index is 419. The third-order valence-electron chi connectivity index (χ3n) is 3.38. The summed E-state index contributed by atoms with van der Waals surface area (Å²) in [4.78, 5) is 18.6. The van der Waals surface area contributed by atoms with Gasteiger partial charge in [-0.1, -0.05) is 0 Å². The van der Waals surface area contributed by atoms with Crippen LogP contribution in [0.25, 0.3) is 0 Å². The van der Waals surface area contributed by atoms with Crippen LogP contribution in [0.4, 0.5) is 0 Å². The van der Waals surface area contributed by atoms with Gasteiger partial charge in [-0.25, -0.2) is 4.98 Å². The van der Waals surface area contributed by atoms with Gasteiger partial charge in [-0.2, -0.15) is 0 Å². The summed E-state index contributed by atoms with van der Waals surface area (Å²) in [5.74, 6) is 1.07. The largest absolute Gasteiger partial charge is 0.381 e. The van der Waals surface area contributed by atoms with Crippen molar-refractivity contribution in [2.24, 2.45) is 7.05 Å². The molecule has 1 atom stereocenters. The van der Waals surface area contributed by atoms with Gasteiger partial charge in [0.05, 0.1) is 13.0 Å². The number of aromatic nitrogens is 2. The SMILES string of the molecule is CCOCCC(=O)N1CCNCC1c1nccn1C. The summed E-state index contributed by atoms with van der Waals surface area (Å²) in [6, 6.07) is 0.0166. The molecule has 1 saturated heterocycles. The highest BCUT2D eigenvalue weighted by atomic mass is 16.5. The van der Waals surface area contributed by atoms with Gasteiger partial charge in [-0.05, 0) is 6.92 Å². The number of imidazole rings is 1. The molecule has 19 heavy (non-hydrogen) atoms. The highest BCUT2D eigenvalue weighted by molar-refractivity contribution is 5.76. The molecule has 1 N–H and O–H groups in total. The van der Waals surface area contributed by atoms with Crippen LogP contribution in [0.1, 0.15) is 25.2 Å². The van der Waals surface area contributed by atoms with Crippen molar-refractivity contribution in [1.82, 2.24) is 19.8 Å². The van der Waals surface area contributed by atoms with Gasteiger partial charge < -0.3 is 19.5 Å². The summed E-state index contributed by atoms with van der Waals surface area (Å²) in [6.07, 6.45) is 4.12. The number of carbonyl (C=O) groups is 1. The normalized spacial score (nSPS) is 19.7. The molecule has 1 aliphatic rings. The Balaban J connectivity index is 2.04. The molecular weight excluding hydrogens is 244 g/mol. The standard InChI is InChI=1S/C13H22N4O2/c1-3-19-9-4-12(18)17-8-5-14-10-11(17)13-15-6-7-16(13)2/h6-7,11,14H,3-5,8-10H2,1-2H3. The highest BCUT2D eigenvalue weighted by Crippen LogP contribution is 2.21. The Morgan fingerprint density at radius 3 is 3.16 bits per heavy atom. The molecule has 1 unspecified atom stereocenters. The fourth-order valence-electron chi connectivity index (χ4n) is 2.38. The lowest BCUT2D eigenvalue weighted by atomic mass is 10.1. The second-order valence-electron chi connectivity index (χ2n) is 4.65. The van der Waals surface area contributed by atoms with Gasteiger partial charge in [0.25, 0.3) is 0 Å². The number of hydrogen-bond acceptors (Lipinski definition) is 4. The van der Waals surface area contributed by atoms with Crippen LogP contribution in [0.3, 0.4) is 0 Å². The minimum Gasteiger partial charge on any atom is -0.381 e. The van der Waals surface area contributed by atoms with Gasteiger partial charge in [0.2, 0.25) is 5.91 Å². The van der Waals surface area contributed by atoms with E-state index in [-0.39, 0.29) is 11.9 Å². The second-order valence-corrected chi connectivity index (χ2v) is 4.65. The Labute approximate surface area is 113 Å². The number of hydrogen-bond donors (Lipinski definition) is 1. The number of piperazine rings is 1. The molecule has 0 aromatic carbocycles. The minimum absolute atomic E-state index is 0.0166. The minimum atomic E-state index is 0.0166. The van der Waals surface area contributed by atoms with Crippen LogP contribution in [0, 0.1) is 0 Å². The first kappa shape index (κ1) is 14.0. The van der Waals surface area contributed by atoms with Crippen LogP contribution in [0.15, 0.2) is 12.4 Å². The Kier molecular flexibility index (Phi) is 4.93. The summed E-state index contributed by atoms with van der Waals surface area (Å²) in [6.45, 7) is 5.39. The first-order valence-corrected chi connectivity index (χ1v) is 6.79. The average molecular weight is 266 g/mol. The van der Waals surface area contributed by atoms with Gasteiger partial charge >= 0.3 is 0 Å². The summed E-state index contributed by atoms with van der Waals surface area (Å²) in [5, 5.41) is 3.32. The maximum atomic E-state index is 12.3. The molecular formula is C13H22N4O2. The Morgan fingerprint density at radius 1 is 1.63 bits per heavy atom. The fourth-order valence-corrected chi connectivity index (χ4v) is 2.38. The topological polar surface area (TPSA) is 59.4 Å². The number of aryl methyl sites for hydroxylation is 1. The van der Waals surface area contributed by atoms with Crippen molar-refractivity contribution in [3.63, 3.8) is 0 Å². The van der Waals surface area contributed by atoms with E-state index in [1.54, 1.807) is 6.20 Å². The van der Waals surface area contributed by atoms with E-state index >= 15 is 0 Å². The molecule has 1 aliphatic heterocycles. The highest BCUT2D eigenvalue weighted by Gasteiger charge is 2.29. The van der Waals surface area contributed by atoms with Crippen molar-refractivity contribution in [2.75, 3.05) is 32.8 Å². The van der Waals surface area contributed by atoms with E-state index in [4.69, 9.17) is 4.74 Å². The molecule has 1 amide bonds. The molecule has 0 radical (unpaired) electrons. The van der Waals surface area contributed by atoms with Gasteiger partial charge in [0.1, 0.15) is 11.9 Å². The van der Waals surface area contributed by atoms with Crippen LogP contribution in [-0.4, -0.2) is 53.2 Å². The summed E-state index contributed by atoms with van der Waals surface area (Å²) in [5.41, 5.74) is 0. The number of nitrogens with zero attached hydrogens (tertiary/aromatic N) is 3. The molecule has 106 valence electrons. The van der Waals surface area contributed by atoms with Gasteiger partial charge in [-0.3, -0.25) is 4.79 Å². The summed E-state index contributed by atoms with van der Waals surface area (Å²) < 4.78 is 7.23. The van der Waals surface area contributed by atoms with Crippen molar-refractivity contribution >= 4 is 5.91 Å². The lowest BCUT2D eigenvalue weighted by molar-refractivity contribution is -0.135. The quantitative estimate of drug-likeness (QED) is 0.780. The monoisotopic (exact) mass is 266 g/mol. The van der Waals surface area contributed by atoms with E-state index in [1.165, 1.54) is 0 Å². The molecule has 0 bridgehead atoms. The van der Waals surface area contributed by atoms with E-state index in [9.17, 15) is 4.79 Å². The van der Waals surface area contributed by atoms with Crippen LogP contribution in [0.5, 0.6) is 0 Å². The number of rotatable bonds is 5. The molecule has 0 aliphatic carbocycles. The smallest absolute Gasteiger partial charge is 0.225 e. The molecule has 0 spiro atoms. The lowest BCUT2D eigenvalue weighted by Crippen LogP contribution is -2.49. The molecule has 1 aromatic heterocycles. The van der Waals surface area contributed by atoms with Crippen LogP contribution < -0.4 is 5.32 Å². The van der Waals surface area contributed by atoms with Crippen LogP contribution >= 0.6 is 0 Å². The predicted octanol–water partition coefficient (Wildman–Crippen LogP) is 0.320. The number of ether oxygens (including phenoxy) is 1. The van der Waals surface area contributed by atoms with Crippen molar-refractivity contribution in [3.8, 4) is 0 Å². The van der Waals surface area contributed by atoms with Crippen molar-refractivity contribution in [2.45, 2.75) is 19.4 Å². The molecule has 6 nitrogen and oxygen atoms in total. The molecule has 1 fully saturated rings. The molecule has 2 rings (SSSR count). The Hall–Kier alpha value is -1.40. The van der Waals surface area contributed by atoms with E-state index in [1.807, 2.05) is 29.6 Å². The molecule has 0 saturated carbocycles.